The Labute approximate surface area is 229 Å². The van der Waals surface area contributed by atoms with E-state index in [0.717, 1.165) is 23.3 Å². The summed E-state index contributed by atoms with van der Waals surface area (Å²) in [6.07, 6.45) is 0.736. The smallest absolute Gasteiger partial charge is 0.338 e. The monoisotopic (exact) mass is 586 g/mol. The number of benzene rings is 2. The van der Waals surface area contributed by atoms with Crippen LogP contribution in [0.3, 0.4) is 0 Å². The predicted octanol–water partition coefficient (Wildman–Crippen LogP) is 6.37. The Morgan fingerprint density at radius 3 is 2.68 bits per heavy atom. The molecular weight excluding hydrogens is 556 g/mol. The second-order valence-corrected chi connectivity index (χ2v) is 10.8. The first-order valence-corrected chi connectivity index (χ1v) is 13.9. The fraction of sp³-hybridized carbons (Fsp3) is 0.370. The Morgan fingerprint density at radius 1 is 1.24 bits per heavy atom. The van der Waals surface area contributed by atoms with Gasteiger partial charge in [-0.2, -0.15) is 4.98 Å². The van der Waals surface area contributed by atoms with Crippen molar-refractivity contribution in [1.29, 1.82) is 0 Å². The summed E-state index contributed by atoms with van der Waals surface area (Å²) in [6.45, 7) is 8.01. The Bertz CT molecular complexity index is 1290. The summed E-state index contributed by atoms with van der Waals surface area (Å²) >= 11 is 5.25. The number of hydrogen-bond acceptors (Lipinski definition) is 8. The number of aromatic nitrogens is 3. The van der Waals surface area contributed by atoms with E-state index in [9.17, 15) is 4.79 Å². The highest BCUT2D eigenvalue weighted by Gasteiger charge is 2.36. The number of halogens is 1. The highest BCUT2D eigenvalue weighted by Crippen LogP contribution is 2.43. The molecule has 0 bridgehead atoms. The molecule has 1 aliphatic rings. The van der Waals surface area contributed by atoms with Gasteiger partial charge in [-0.25, -0.2) is 9.48 Å². The van der Waals surface area contributed by atoms with Crippen LogP contribution < -0.4 is 14.8 Å². The number of anilines is 1. The van der Waals surface area contributed by atoms with Gasteiger partial charge in [0.25, 0.3) is 0 Å². The topological polar surface area (TPSA) is 87.5 Å². The van der Waals surface area contributed by atoms with Gasteiger partial charge < -0.3 is 19.5 Å². The highest BCUT2D eigenvalue weighted by molar-refractivity contribution is 9.10. The molecular formula is C27H31BrN4O4S. The Balaban J connectivity index is 1.77. The number of rotatable bonds is 10. The molecule has 0 fully saturated rings. The van der Waals surface area contributed by atoms with Crippen molar-refractivity contribution in [2.24, 2.45) is 0 Å². The van der Waals surface area contributed by atoms with Gasteiger partial charge in [-0.1, -0.05) is 49.0 Å². The van der Waals surface area contributed by atoms with Crippen molar-refractivity contribution >= 4 is 39.6 Å². The molecule has 1 unspecified atom stereocenters. The zero-order valence-corrected chi connectivity index (χ0v) is 24.0. The first kappa shape index (κ1) is 27.1. The second kappa shape index (κ2) is 12.0. The number of carbonyl (C=O) groups is 1. The molecule has 2 heterocycles. The Morgan fingerprint density at radius 2 is 2.00 bits per heavy atom. The van der Waals surface area contributed by atoms with Crippen molar-refractivity contribution in [1.82, 2.24) is 14.8 Å². The van der Waals surface area contributed by atoms with E-state index < -0.39 is 12.0 Å². The molecule has 3 aromatic rings. The maximum Gasteiger partial charge on any atom is 0.338 e. The second-order valence-electron chi connectivity index (χ2n) is 8.84. The van der Waals surface area contributed by atoms with Gasteiger partial charge in [-0.3, -0.25) is 0 Å². The quantitative estimate of drug-likeness (QED) is 0.216. The fourth-order valence-corrected chi connectivity index (χ4v) is 5.26. The van der Waals surface area contributed by atoms with Crippen molar-refractivity contribution < 1.29 is 19.0 Å². The molecule has 8 nitrogen and oxygen atoms in total. The standard InChI is InChI=1S/C27H31BrN4O4S/c1-6-12-37-27-30-26-29-17(4)22(25(33)36-16(2)3)23(32(26)31-27)19-13-20(28)24(21(14-19)34-5)35-15-18-10-8-7-9-11-18/h7-11,13-14,16,23H,6,12,15H2,1-5H3,(H,29,30,31). The molecule has 0 saturated heterocycles. The van der Waals surface area contributed by atoms with Crippen molar-refractivity contribution in [3.05, 3.63) is 69.3 Å². The number of fused-ring (bicyclic) bond motifs is 1. The van der Waals surface area contributed by atoms with Gasteiger partial charge in [-0.15, -0.1) is 5.10 Å². The number of nitrogens with zero attached hydrogens (tertiary/aromatic N) is 3. The Kier molecular flexibility index (Phi) is 8.81. The first-order chi connectivity index (χ1) is 17.8. The largest absolute Gasteiger partial charge is 0.493 e. The third-order valence-corrected chi connectivity index (χ3v) is 7.26. The van der Waals surface area contributed by atoms with Gasteiger partial charge in [0.1, 0.15) is 12.6 Å². The molecule has 2 aromatic carbocycles. The Hall–Kier alpha value is -2.98. The van der Waals surface area contributed by atoms with Crippen LogP contribution in [0.2, 0.25) is 0 Å². The van der Waals surface area contributed by atoms with E-state index in [1.54, 1.807) is 23.6 Å². The van der Waals surface area contributed by atoms with Gasteiger partial charge in [-0.05, 0) is 66.4 Å². The van der Waals surface area contributed by atoms with Crippen LogP contribution >= 0.6 is 27.7 Å². The lowest BCUT2D eigenvalue weighted by molar-refractivity contribution is -0.143. The zero-order valence-electron chi connectivity index (χ0n) is 21.6. The van der Waals surface area contributed by atoms with E-state index in [-0.39, 0.29) is 6.10 Å². The van der Waals surface area contributed by atoms with E-state index in [0.29, 0.717) is 45.0 Å². The van der Waals surface area contributed by atoms with E-state index in [1.807, 2.05) is 63.2 Å². The molecule has 0 saturated carbocycles. The van der Waals surface area contributed by atoms with Crippen LogP contribution in [-0.2, 0) is 16.1 Å². The summed E-state index contributed by atoms with van der Waals surface area (Å²) in [7, 11) is 1.60. The average molecular weight is 588 g/mol. The molecule has 0 spiro atoms. The minimum Gasteiger partial charge on any atom is -0.493 e. The van der Waals surface area contributed by atoms with Crippen LogP contribution in [0.5, 0.6) is 11.5 Å². The van der Waals surface area contributed by atoms with Crippen LogP contribution in [0.25, 0.3) is 0 Å². The molecule has 1 aliphatic heterocycles. The number of thioether (sulfide) groups is 1. The summed E-state index contributed by atoms with van der Waals surface area (Å²) in [4.78, 5) is 18.0. The normalized spacial score (nSPS) is 14.8. The van der Waals surface area contributed by atoms with E-state index >= 15 is 0 Å². The predicted molar refractivity (Wildman–Crippen MR) is 148 cm³/mol. The molecule has 0 radical (unpaired) electrons. The first-order valence-electron chi connectivity index (χ1n) is 12.1. The lowest BCUT2D eigenvalue weighted by Gasteiger charge is -2.29. The molecule has 37 heavy (non-hydrogen) atoms. The SMILES string of the molecule is CCCSc1nc2n(n1)C(c1cc(Br)c(OCc3ccccc3)c(OC)c1)C(C(=O)OC(C)C)=C(C)N2. The minimum atomic E-state index is -0.570. The summed E-state index contributed by atoms with van der Waals surface area (Å²) in [5, 5.41) is 8.64. The lowest BCUT2D eigenvalue weighted by Crippen LogP contribution is -2.30. The third-order valence-electron chi connectivity index (χ3n) is 5.62. The lowest BCUT2D eigenvalue weighted by atomic mass is 9.95. The van der Waals surface area contributed by atoms with Crippen LogP contribution in [0.4, 0.5) is 5.95 Å². The minimum absolute atomic E-state index is 0.267. The number of nitrogens with one attached hydrogen (secondary N) is 1. The molecule has 0 amide bonds. The number of carbonyl (C=O) groups excluding carboxylic acids is 1. The van der Waals surface area contributed by atoms with Gasteiger partial charge in [0.05, 0.1) is 23.3 Å². The molecule has 1 atom stereocenters. The fourth-order valence-electron chi connectivity index (χ4n) is 4.00. The zero-order chi connectivity index (χ0) is 26.5. The van der Waals surface area contributed by atoms with Gasteiger partial charge in [0.2, 0.25) is 11.1 Å². The maximum absolute atomic E-state index is 13.3. The van der Waals surface area contributed by atoms with Gasteiger partial charge in [0.15, 0.2) is 11.5 Å². The molecule has 196 valence electrons. The third kappa shape index (κ3) is 6.13. The van der Waals surface area contributed by atoms with Crippen molar-refractivity contribution in [3.8, 4) is 11.5 Å². The summed E-state index contributed by atoms with van der Waals surface area (Å²) < 4.78 is 19.9. The van der Waals surface area contributed by atoms with Crippen molar-refractivity contribution in [2.45, 2.75) is 58.0 Å². The number of methoxy groups -OCH3 is 1. The molecule has 1 aromatic heterocycles. The summed E-state index contributed by atoms with van der Waals surface area (Å²) in [5.74, 6) is 2.18. The van der Waals surface area contributed by atoms with Crippen LogP contribution in [-0.4, -0.2) is 39.7 Å². The number of hydrogen-bond donors (Lipinski definition) is 1. The summed E-state index contributed by atoms with van der Waals surface area (Å²) in [6, 6.07) is 13.2. The van der Waals surface area contributed by atoms with Gasteiger partial charge in [0, 0.05) is 11.4 Å². The highest BCUT2D eigenvalue weighted by atomic mass is 79.9. The number of ether oxygens (including phenoxy) is 3. The molecule has 4 rings (SSSR count). The maximum atomic E-state index is 13.3. The van der Waals surface area contributed by atoms with Crippen LogP contribution in [0, 0.1) is 0 Å². The number of esters is 1. The van der Waals surface area contributed by atoms with Crippen molar-refractivity contribution in [3.63, 3.8) is 0 Å². The molecule has 10 heteroatoms. The van der Waals surface area contributed by atoms with E-state index in [2.05, 4.69) is 33.2 Å². The molecule has 0 aliphatic carbocycles. The number of allylic oxidation sites excluding steroid dienone is 1. The van der Waals surface area contributed by atoms with E-state index in [4.69, 9.17) is 19.3 Å². The van der Waals surface area contributed by atoms with Crippen LogP contribution in [0.1, 0.15) is 51.3 Å². The van der Waals surface area contributed by atoms with E-state index in [1.165, 1.54) is 0 Å². The average Bonchev–Trinajstić information content (AvgIpc) is 3.27. The van der Waals surface area contributed by atoms with Crippen LogP contribution in [0.15, 0.2) is 63.4 Å². The molecule has 1 N–H and O–H groups in total. The van der Waals surface area contributed by atoms with Gasteiger partial charge >= 0.3 is 5.97 Å². The van der Waals surface area contributed by atoms with Crippen molar-refractivity contribution in [2.75, 3.05) is 18.2 Å². The summed E-state index contributed by atoms with van der Waals surface area (Å²) in [5.41, 5.74) is 2.96.